The Morgan fingerprint density at radius 2 is 2.11 bits per heavy atom. The first-order valence-electron chi connectivity index (χ1n) is 9.22. The zero-order valence-corrected chi connectivity index (χ0v) is 16.7. The number of hydrogen-bond donors (Lipinski definition) is 1. The SMILES string of the molecule is Cc1cccc(O[C@@H](C)C(=O)OCC(=O)Nc2sc3c(c2C#N)CCCC3)c1. The molecule has 0 unspecified atom stereocenters. The highest BCUT2D eigenvalue weighted by Crippen LogP contribution is 2.37. The summed E-state index contributed by atoms with van der Waals surface area (Å²) < 4.78 is 10.6. The maximum absolute atomic E-state index is 12.2. The van der Waals surface area contributed by atoms with Crippen LogP contribution in [0.15, 0.2) is 24.3 Å². The van der Waals surface area contributed by atoms with Crippen LogP contribution in [0.5, 0.6) is 5.75 Å². The molecule has 28 heavy (non-hydrogen) atoms. The lowest BCUT2D eigenvalue weighted by Gasteiger charge is -2.14. The second kappa shape index (κ2) is 8.89. The predicted octanol–water partition coefficient (Wildman–Crippen LogP) is 3.76. The van der Waals surface area contributed by atoms with Gasteiger partial charge in [0.1, 0.15) is 16.8 Å². The molecule has 3 rings (SSSR count). The van der Waals surface area contributed by atoms with E-state index in [0.717, 1.165) is 41.7 Å². The fraction of sp³-hybridized carbons (Fsp3) is 0.381. The van der Waals surface area contributed by atoms with Crippen molar-refractivity contribution in [1.82, 2.24) is 0 Å². The lowest BCUT2D eigenvalue weighted by atomic mass is 9.96. The number of fused-ring (bicyclic) bond motifs is 1. The molecular weight excluding hydrogens is 376 g/mol. The molecule has 0 bridgehead atoms. The molecule has 0 aliphatic heterocycles. The Hall–Kier alpha value is -2.85. The second-order valence-electron chi connectivity index (χ2n) is 6.76. The minimum Gasteiger partial charge on any atom is -0.479 e. The number of nitrogens with zero attached hydrogens (tertiary/aromatic N) is 1. The fourth-order valence-corrected chi connectivity index (χ4v) is 4.39. The van der Waals surface area contributed by atoms with Crippen molar-refractivity contribution in [3.8, 4) is 11.8 Å². The Morgan fingerprint density at radius 1 is 1.32 bits per heavy atom. The van der Waals surface area contributed by atoms with Crippen LogP contribution in [0.1, 0.15) is 41.3 Å². The van der Waals surface area contributed by atoms with Crippen LogP contribution in [-0.2, 0) is 27.2 Å². The standard InChI is InChI=1S/C21H22N2O4S/c1-13-6-5-7-15(10-13)27-14(2)21(25)26-12-19(24)23-20-17(11-22)16-8-3-4-9-18(16)28-20/h5-7,10,14H,3-4,8-9,12H2,1-2H3,(H,23,24)/t14-/m0/s1. The summed E-state index contributed by atoms with van der Waals surface area (Å²) >= 11 is 1.44. The summed E-state index contributed by atoms with van der Waals surface area (Å²) in [5, 5.41) is 12.7. The summed E-state index contributed by atoms with van der Waals surface area (Å²) in [5.41, 5.74) is 2.60. The summed E-state index contributed by atoms with van der Waals surface area (Å²) in [5.74, 6) is -0.523. The van der Waals surface area contributed by atoms with Gasteiger partial charge in [0.15, 0.2) is 12.7 Å². The molecule has 1 heterocycles. The van der Waals surface area contributed by atoms with E-state index in [1.54, 1.807) is 13.0 Å². The Bertz CT molecular complexity index is 929. The average molecular weight is 398 g/mol. The molecule has 1 aliphatic rings. The van der Waals surface area contributed by atoms with Gasteiger partial charge in [-0.1, -0.05) is 12.1 Å². The molecule has 1 atom stereocenters. The monoisotopic (exact) mass is 398 g/mol. The van der Waals surface area contributed by atoms with Crippen LogP contribution in [0.25, 0.3) is 0 Å². The number of nitrogens with one attached hydrogen (secondary N) is 1. The van der Waals surface area contributed by atoms with Crippen molar-refractivity contribution in [2.24, 2.45) is 0 Å². The normalized spacial score (nSPS) is 13.8. The molecule has 6 nitrogen and oxygen atoms in total. The van der Waals surface area contributed by atoms with Gasteiger partial charge in [0.25, 0.3) is 5.91 Å². The van der Waals surface area contributed by atoms with Gasteiger partial charge in [-0.3, -0.25) is 4.79 Å². The Labute approximate surface area is 168 Å². The van der Waals surface area contributed by atoms with Crippen molar-refractivity contribution in [2.75, 3.05) is 11.9 Å². The van der Waals surface area contributed by atoms with E-state index in [-0.39, 0.29) is 0 Å². The predicted molar refractivity (Wildman–Crippen MR) is 107 cm³/mol. The third kappa shape index (κ3) is 4.70. The number of anilines is 1. The first-order chi connectivity index (χ1) is 13.5. The van der Waals surface area contributed by atoms with Gasteiger partial charge in [0, 0.05) is 4.88 Å². The van der Waals surface area contributed by atoms with Crippen LogP contribution >= 0.6 is 11.3 Å². The first-order valence-corrected chi connectivity index (χ1v) is 10.0. The third-order valence-electron chi connectivity index (χ3n) is 4.52. The summed E-state index contributed by atoms with van der Waals surface area (Å²) in [6.07, 6.45) is 3.13. The highest BCUT2D eigenvalue weighted by molar-refractivity contribution is 7.16. The molecule has 146 valence electrons. The van der Waals surface area contributed by atoms with Gasteiger partial charge in [0.2, 0.25) is 0 Å². The van der Waals surface area contributed by atoms with Crippen molar-refractivity contribution in [1.29, 1.82) is 5.26 Å². The maximum Gasteiger partial charge on any atom is 0.347 e. The average Bonchev–Trinajstić information content (AvgIpc) is 3.02. The molecule has 0 saturated carbocycles. The Balaban J connectivity index is 1.53. The van der Waals surface area contributed by atoms with Crippen molar-refractivity contribution in [3.63, 3.8) is 0 Å². The molecule has 1 aromatic heterocycles. The summed E-state index contributed by atoms with van der Waals surface area (Å²) in [6, 6.07) is 9.53. The molecule has 1 N–H and O–H groups in total. The molecular formula is C21H22N2O4S. The number of amides is 1. The van der Waals surface area contributed by atoms with Crippen molar-refractivity contribution in [3.05, 3.63) is 45.8 Å². The molecule has 2 aromatic rings. The molecule has 0 fully saturated rings. The van der Waals surface area contributed by atoms with E-state index in [1.165, 1.54) is 11.3 Å². The summed E-state index contributed by atoms with van der Waals surface area (Å²) in [7, 11) is 0. The zero-order valence-electron chi connectivity index (χ0n) is 15.9. The van der Waals surface area contributed by atoms with E-state index >= 15 is 0 Å². The third-order valence-corrected chi connectivity index (χ3v) is 5.72. The van der Waals surface area contributed by atoms with E-state index in [1.807, 2.05) is 25.1 Å². The lowest BCUT2D eigenvalue weighted by molar-refractivity contribution is -0.153. The topological polar surface area (TPSA) is 88.4 Å². The van der Waals surface area contributed by atoms with E-state index < -0.39 is 24.6 Å². The van der Waals surface area contributed by atoms with Crippen molar-refractivity contribution < 1.29 is 19.1 Å². The highest BCUT2D eigenvalue weighted by atomic mass is 32.1. The number of aryl methyl sites for hydroxylation is 2. The summed E-state index contributed by atoms with van der Waals surface area (Å²) in [6.45, 7) is 3.08. The number of hydrogen-bond acceptors (Lipinski definition) is 6. The van der Waals surface area contributed by atoms with E-state index in [0.29, 0.717) is 16.3 Å². The molecule has 1 aliphatic carbocycles. The van der Waals surface area contributed by atoms with E-state index in [9.17, 15) is 14.9 Å². The van der Waals surface area contributed by atoms with Crippen LogP contribution in [0.3, 0.4) is 0 Å². The highest BCUT2D eigenvalue weighted by Gasteiger charge is 2.23. The molecule has 7 heteroatoms. The molecule has 1 aromatic carbocycles. The number of esters is 1. The molecule has 0 spiro atoms. The number of ether oxygens (including phenoxy) is 2. The minimum absolute atomic E-state index is 0.423. The first kappa shape index (κ1) is 19.9. The number of benzene rings is 1. The Morgan fingerprint density at radius 3 is 2.86 bits per heavy atom. The number of thiophene rings is 1. The smallest absolute Gasteiger partial charge is 0.347 e. The fourth-order valence-electron chi connectivity index (χ4n) is 3.13. The van der Waals surface area contributed by atoms with Gasteiger partial charge in [-0.15, -0.1) is 11.3 Å². The van der Waals surface area contributed by atoms with Crippen LogP contribution in [0.4, 0.5) is 5.00 Å². The number of rotatable bonds is 6. The van der Waals surface area contributed by atoms with Gasteiger partial charge in [-0.2, -0.15) is 5.26 Å². The lowest BCUT2D eigenvalue weighted by Crippen LogP contribution is -2.29. The number of nitriles is 1. The van der Waals surface area contributed by atoms with Gasteiger partial charge < -0.3 is 14.8 Å². The minimum atomic E-state index is -0.835. The van der Waals surface area contributed by atoms with E-state index in [2.05, 4.69) is 11.4 Å². The quantitative estimate of drug-likeness (QED) is 0.749. The van der Waals surface area contributed by atoms with Crippen LogP contribution in [0.2, 0.25) is 0 Å². The van der Waals surface area contributed by atoms with Crippen LogP contribution in [0, 0.1) is 18.3 Å². The number of carbonyl (C=O) groups excluding carboxylic acids is 2. The van der Waals surface area contributed by atoms with Crippen molar-refractivity contribution in [2.45, 2.75) is 45.6 Å². The van der Waals surface area contributed by atoms with Gasteiger partial charge >= 0.3 is 5.97 Å². The molecule has 1 amide bonds. The van der Waals surface area contributed by atoms with Gasteiger partial charge in [-0.05, 0) is 62.8 Å². The van der Waals surface area contributed by atoms with Gasteiger partial charge in [-0.25, -0.2) is 4.79 Å². The Kier molecular flexibility index (Phi) is 6.32. The summed E-state index contributed by atoms with van der Waals surface area (Å²) in [4.78, 5) is 25.4. The largest absolute Gasteiger partial charge is 0.479 e. The van der Waals surface area contributed by atoms with Crippen molar-refractivity contribution >= 4 is 28.2 Å². The zero-order chi connectivity index (χ0) is 20.1. The van der Waals surface area contributed by atoms with Gasteiger partial charge in [0.05, 0.1) is 5.56 Å². The van der Waals surface area contributed by atoms with E-state index in [4.69, 9.17) is 9.47 Å². The second-order valence-corrected chi connectivity index (χ2v) is 7.86. The van der Waals surface area contributed by atoms with Crippen LogP contribution in [-0.4, -0.2) is 24.6 Å². The van der Waals surface area contributed by atoms with Crippen LogP contribution < -0.4 is 10.1 Å². The maximum atomic E-state index is 12.2. The molecule has 0 radical (unpaired) electrons. The number of carbonyl (C=O) groups is 2. The molecule has 0 saturated heterocycles.